The highest BCUT2D eigenvalue weighted by molar-refractivity contribution is 5.92. The third-order valence-electron chi connectivity index (χ3n) is 5.05. The van der Waals surface area contributed by atoms with Crippen LogP contribution in [0.2, 0.25) is 0 Å². The van der Waals surface area contributed by atoms with E-state index in [1.807, 2.05) is 36.4 Å². The molecule has 7 nitrogen and oxygen atoms in total. The standard InChI is InChI=1S/C18H23N5O2/c1-13-10-15(21-20-13)18(24)23-7-4-17-16(12-23)22(8-9-25-17)11-14-2-5-19-6-3-14/h2-3,5-6,10,16-17H,4,7-9,11-12H2,1H3,(H,20,21)/t16-,17-/m0/s1. The van der Waals surface area contributed by atoms with Crippen LogP contribution in [0.1, 0.15) is 28.2 Å². The number of hydrogen-bond donors (Lipinski definition) is 1. The molecule has 0 unspecified atom stereocenters. The molecule has 2 saturated heterocycles. The van der Waals surface area contributed by atoms with Crippen molar-refractivity contribution >= 4 is 5.91 Å². The summed E-state index contributed by atoms with van der Waals surface area (Å²) in [5.74, 6) is -0.00256. The van der Waals surface area contributed by atoms with Gasteiger partial charge < -0.3 is 9.64 Å². The number of ether oxygens (including phenoxy) is 1. The molecule has 132 valence electrons. The monoisotopic (exact) mass is 341 g/mol. The van der Waals surface area contributed by atoms with E-state index in [0.29, 0.717) is 12.2 Å². The molecule has 0 radical (unpaired) electrons. The Labute approximate surface area is 147 Å². The van der Waals surface area contributed by atoms with E-state index in [-0.39, 0.29) is 18.1 Å². The molecule has 4 rings (SSSR count). The molecule has 1 N–H and O–H groups in total. The Morgan fingerprint density at radius 3 is 2.96 bits per heavy atom. The minimum Gasteiger partial charge on any atom is -0.375 e. The van der Waals surface area contributed by atoms with Gasteiger partial charge in [0.2, 0.25) is 0 Å². The summed E-state index contributed by atoms with van der Waals surface area (Å²) in [4.78, 5) is 21.2. The summed E-state index contributed by atoms with van der Waals surface area (Å²) in [6.45, 7) is 5.79. The highest BCUT2D eigenvalue weighted by Gasteiger charge is 2.38. The van der Waals surface area contributed by atoms with E-state index in [1.165, 1.54) is 5.56 Å². The summed E-state index contributed by atoms with van der Waals surface area (Å²) in [7, 11) is 0. The Hall–Kier alpha value is -2.25. The Balaban J connectivity index is 1.48. The molecule has 0 spiro atoms. The number of hydrogen-bond acceptors (Lipinski definition) is 5. The van der Waals surface area contributed by atoms with Gasteiger partial charge in [-0.25, -0.2) is 0 Å². The fourth-order valence-electron chi connectivity index (χ4n) is 3.74. The number of amides is 1. The molecule has 2 atom stereocenters. The Morgan fingerprint density at radius 2 is 2.20 bits per heavy atom. The Kier molecular flexibility index (Phi) is 4.50. The van der Waals surface area contributed by atoms with Crippen LogP contribution < -0.4 is 0 Å². The van der Waals surface area contributed by atoms with Crippen LogP contribution in [0.15, 0.2) is 30.6 Å². The number of aryl methyl sites for hydroxylation is 1. The lowest BCUT2D eigenvalue weighted by Gasteiger charge is -2.47. The van der Waals surface area contributed by atoms with E-state index in [2.05, 4.69) is 20.1 Å². The van der Waals surface area contributed by atoms with Gasteiger partial charge in [0.1, 0.15) is 5.69 Å². The summed E-state index contributed by atoms with van der Waals surface area (Å²) < 4.78 is 5.97. The summed E-state index contributed by atoms with van der Waals surface area (Å²) in [6, 6.07) is 6.12. The maximum atomic E-state index is 12.7. The van der Waals surface area contributed by atoms with Crippen molar-refractivity contribution in [3.8, 4) is 0 Å². The first kappa shape index (κ1) is 16.2. The molecule has 2 fully saturated rings. The van der Waals surface area contributed by atoms with Crippen molar-refractivity contribution < 1.29 is 9.53 Å². The molecule has 4 heterocycles. The quantitative estimate of drug-likeness (QED) is 0.909. The number of likely N-dealkylation sites (tertiary alicyclic amines) is 1. The number of morpholine rings is 1. The van der Waals surface area contributed by atoms with Gasteiger partial charge in [-0.2, -0.15) is 5.10 Å². The predicted molar refractivity (Wildman–Crippen MR) is 92.0 cm³/mol. The van der Waals surface area contributed by atoms with Crippen LogP contribution in [0, 0.1) is 6.92 Å². The molecule has 2 aromatic heterocycles. The zero-order valence-corrected chi connectivity index (χ0v) is 14.4. The molecule has 0 saturated carbocycles. The first-order valence-corrected chi connectivity index (χ1v) is 8.76. The third kappa shape index (κ3) is 3.43. The number of carbonyl (C=O) groups is 1. The van der Waals surface area contributed by atoms with Gasteiger partial charge in [-0.05, 0) is 37.1 Å². The van der Waals surface area contributed by atoms with Crippen LogP contribution in [-0.2, 0) is 11.3 Å². The maximum Gasteiger partial charge on any atom is 0.274 e. The van der Waals surface area contributed by atoms with Gasteiger partial charge in [-0.15, -0.1) is 0 Å². The van der Waals surface area contributed by atoms with Crippen LogP contribution >= 0.6 is 0 Å². The third-order valence-corrected chi connectivity index (χ3v) is 5.05. The van der Waals surface area contributed by atoms with Crippen molar-refractivity contribution in [2.24, 2.45) is 0 Å². The van der Waals surface area contributed by atoms with Crippen molar-refractivity contribution in [3.63, 3.8) is 0 Å². The first-order chi connectivity index (χ1) is 12.2. The normalized spacial score (nSPS) is 24.1. The average Bonchev–Trinajstić information content (AvgIpc) is 3.08. The fraction of sp³-hybridized carbons (Fsp3) is 0.500. The molecular weight excluding hydrogens is 318 g/mol. The average molecular weight is 341 g/mol. The van der Waals surface area contributed by atoms with E-state index >= 15 is 0 Å². The summed E-state index contributed by atoms with van der Waals surface area (Å²) in [5.41, 5.74) is 2.63. The second-order valence-corrected chi connectivity index (χ2v) is 6.78. The summed E-state index contributed by atoms with van der Waals surface area (Å²) >= 11 is 0. The van der Waals surface area contributed by atoms with Crippen LogP contribution in [0.25, 0.3) is 0 Å². The smallest absolute Gasteiger partial charge is 0.274 e. The lowest BCUT2D eigenvalue weighted by Crippen LogP contribution is -2.60. The number of aromatic amines is 1. The first-order valence-electron chi connectivity index (χ1n) is 8.76. The molecule has 2 aromatic rings. The molecule has 25 heavy (non-hydrogen) atoms. The maximum absolute atomic E-state index is 12.7. The largest absolute Gasteiger partial charge is 0.375 e. The van der Waals surface area contributed by atoms with Gasteiger partial charge in [-0.3, -0.25) is 19.8 Å². The molecule has 1 amide bonds. The molecule has 0 aliphatic carbocycles. The Morgan fingerprint density at radius 1 is 1.36 bits per heavy atom. The second-order valence-electron chi connectivity index (χ2n) is 6.78. The lowest BCUT2D eigenvalue weighted by atomic mass is 9.97. The van der Waals surface area contributed by atoms with Gasteiger partial charge in [0, 0.05) is 44.3 Å². The summed E-state index contributed by atoms with van der Waals surface area (Å²) in [5, 5.41) is 6.96. The van der Waals surface area contributed by atoms with Crippen LogP contribution in [0.5, 0.6) is 0 Å². The fourth-order valence-corrected chi connectivity index (χ4v) is 3.74. The molecule has 0 bridgehead atoms. The number of H-pyrrole nitrogens is 1. The van der Waals surface area contributed by atoms with E-state index in [9.17, 15) is 4.79 Å². The van der Waals surface area contributed by atoms with Gasteiger partial charge in [0.25, 0.3) is 5.91 Å². The van der Waals surface area contributed by atoms with Crippen LogP contribution in [0.3, 0.4) is 0 Å². The van der Waals surface area contributed by atoms with Crippen molar-refractivity contribution in [2.45, 2.75) is 32.0 Å². The van der Waals surface area contributed by atoms with Crippen molar-refractivity contribution in [3.05, 3.63) is 47.5 Å². The van der Waals surface area contributed by atoms with E-state index in [0.717, 1.165) is 38.4 Å². The van der Waals surface area contributed by atoms with Gasteiger partial charge in [0.05, 0.1) is 18.8 Å². The highest BCUT2D eigenvalue weighted by atomic mass is 16.5. The van der Waals surface area contributed by atoms with Crippen LogP contribution in [-0.4, -0.2) is 69.3 Å². The minimum atomic E-state index is -0.00256. The van der Waals surface area contributed by atoms with E-state index in [1.54, 1.807) is 6.07 Å². The van der Waals surface area contributed by atoms with Gasteiger partial charge >= 0.3 is 0 Å². The highest BCUT2D eigenvalue weighted by Crippen LogP contribution is 2.25. The number of nitrogens with one attached hydrogen (secondary N) is 1. The lowest BCUT2D eigenvalue weighted by molar-refractivity contribution is -0.101. The predicted octanol–water partition coefficient (Wildman–Crippen LogP) is 1.23. The molecule has 2 aliphatic rings. The number of piperidine rings is 1. The van der Waals surface area contributed by atoms with E-state index < -0.39 is 0 Å². The van der Waals surface area contributed by atoms with Gasteiger partial charge in [0.15, 0.2) is 0 Å². The molecule has 2 aliphatic heterocycles. The Bertz CT molecular complexity index is 732. The van der Waals surface area contributed by atoms with E-state index in [4.69, 9.17) is 4.74 Å². The second kappa shape index (κ2) is 6.93. The molecule has 0 aromatic carbocycles. The van der Waals surface area contributed by atoms with Crippen molar-refractivity contribution in [2.75, 3.05) is 26.2 Å². The minimum absolute atomic E-state index is 0.00256. The number of carbonyl (C=O) groups excluding carboxylic acids is 1. The number of rotatable bonds is 3. The molecule has 7 heteroatoms. The van der Waals surface area contributed by atoms with Crippen molar-refractivity contribution in [1.29, 1.82) is 0 Å². The zero-order valence-electron chi connectivity index (χ0n) is 14.4. The number of pyridine rings is 1. The number of aromatic nitrogens is 3. The van der Waals surface area contributed by atoms with Crippen LogP contribution in [0.4, 0.5) is 0 Å². The zero-order chi connectivity index (χ0) is 17.2. The van der Waals surface area contributed by atoms with Gasteiger partial charge in [-0.1, -0.05) is 0 Å². The van der Waals surface area contributed by atoms with Crippen molar-refractivity contribution in [1.82, 2.24) is 25.0 Å². The number of fused-ring (bicyclic) bond motifs is 1. The molecular formula is C18H23N5O2. The topological polar surface area (TPSA) is 74.3 Å². The SMILES string of the molecule is Cc1cc(C(=O)N2CC[C@@H]3OCCN(Cc4ccncc4)[C@H]3C2)n[nH]1. The number of nitrogens with zero attached hydrogens (tertiary/aromatic N) is 4. The summed E-state index contributed by atoms with van der Waals surface area (Å²) in [6.07, 6.45) is 4.71.